The minimum absolute atomic E-state index is 0.111. The lowest BCUT2D eigenvalue weighted by Crippen LogP contribution is -2.41. The number of piperidine rings is 1. The van der Waals surface area contributed by atoms with E-state index < -0.39 is 0 Å². The summed E-state index contributed by atoms with van der Waals surface area (Å²) in [6, 6.07) is 7.62. The van der Waals surface area contributed by atoms with Crippen molar-refractivity contribution >= 4 is 11.9 Å². The largest absolute Gasteiger partial charge is 0.439 e. The molecule has 0 bridgehead atoms. The summed E-state index contributed by atoms with van der Waals surface area (Å²) in [5.74, 6) is 1.18. The summed E-state index contributed by atoms with van der Waals surface area (Å²) in [5, 5.41) is 3.28. The van der Waals surface area contributed by atoms with Gasteiger partial charge in [0.2, 0.25) is 17.7 Å². The van der Waals surface area contributed by atoms with Crippen LogP contribution >= 0.6 is 0 Å². The van der Waals surface area contributed by atoms with E-state index >= 15 is 0 Å². The lowest BCUT2D eigenvalue weighted by Gasteiger charge is -2.31. The number of hydrogen-bond acceptors (Lipinski definition) is 5. The molecule has 0 spiro atoms. The van der Waals surface area contributed by atoms with Crippen LogP contribution in [0.5, 0.6) is 11.6 Å². The zero-order valence-electron chi connectivity index (χ0n) is 13.4. The summed E-state index contributed by atoms with van der Waals surface area (Å²) in [7, 11) is 0. The summed E-state index contributed by atoms with van der Waals surface area (Å²) >= 11 is 0. The van der Waals surface area contributed by atoms with Crippen molar-refractivity contribution in [3.63, 3.8) is 0 Å². The molecule has 1 aliphatic heterocycles. The molecule has 1 N–H and O–H groups in total. The van der Waals surface area contributed by atoms with E-state index in [2.05, 4.69) is 15.3 Å². The fourth-order valence-corrected chi connectivity index (χ4v) is 2.61. The zero-order valence-corrected chi connectivity index (χ0v) is 13.4. The van der Waals surface area contributed by atoms with Crippen LogP contribution in [0.1, 0.15) is 19.8 Å². The number of likely N-dealkylation sites (tertiary alicyclic amines) is 1. The average Bonchev–Trinajstić information content (AvgIpc) is 2.58. The van der Waals surface area contributed by atoms with Crippen LogP contribution in [-0.2, 0) is 4.79 Å². The molecule has 0 radical (unpaired) electrons. The normalized spacial score (nSPS) is 15.2. The third-order valence-corrected chi connectivity index (χ3v) is 3.94. The van der Waals surface area contributed by atoms with Crippen LogP contribution < -0.4 is 10.1 Å². The molecule has 0 aliphatic carbocycles. The maximum absolute atomic E-state index is 12.9. The number of benzene rings is 1. The fourth-order valence-electron chi connectivity index (χ4n) is 2.61. The Morgan fingerprint density at radius 3 is 2.62 bits per heavy atom. The molecule has 126 valence electrons. The summed E-state index contributed by atoms with van der Waals surface area (Å²) in [6.45, 7) is 3.06. The molecule has 1 aromatic heterocycles. The molecule has 0 unspecified atom stereocenters. The average molecular weight is 330 g/mol. The van der Waals surface area contributed by atoms with Crippen LogP contribution in [0.3, 0.4) is 0 Å². The molecular weight excluding hydrogens is 311 g/mol. The third-order valence-electron chi connectivity index (χ3n) is 3.94. The number of nitrogens with zero attached hydrogens (tertiary/aromatic N) is 3. The molecule has 1 fully saturated rings. The minimum atomic E-state index is -0.315. The highest BCUT2D eigenvalue weighted by molar-refractivity contribution is 5.73. The number of amides is 1. The van der Waals surface area contributed by atoms with E-state index in [-0.39, 0.29) is 17.8 Å². The van der Waals surface area contributed by atoms with Crippen molar-refractivity contribution in [2.24, 2.45) is 0 Å². The molecule has 1 amide bonds. The quantitative estimate of drug-likeness (QED) is 0.934. The first kappa shape index (κ1) is 16.2. The van der Waals surface area contributed by atoms with E-state index in [9.17, 15) is 9.18 Å². The smallest absolute Gasteiger partial charge is 0.226 e. The monoisotopic (exact) mass is 330 g/mol. The standard InChI is InChI=1S/C17H19FN4O2/c1-12(23)22-10-7-14(8-11-22)20-17-19-9-6-16(21-17)24-15-4-2-13(18)3-5-15/h2-6,9,14H,7-8,10-11H2,1H3,(H,19,20,21). The van der Waals surface area contributed by atoms with Gasteiger partial charge in [-0.1, -0.05) is 0 Å². The van der Waals surface area contributed by atoms with Gasteiger partial charge in [-0.2, -0.15) is 4.98 Å². The maximum Gasteiger partial charge on any atom is 0.226 e. The van der Waals surface area contributed by atoms with Crippen LogP contribution in [0.4, 0.5) is 10.3 Å². The van der Waals surface area contributed by atoms with Gasteiger partial charge in [0.25, 0.3) is 0 Å². The van der Waals surface area contributed by atoms with Crippen molar-refractivity contribution in [3.05, 3.63) is 42.3 Å². The number of ether oxygens (including phenoxy) is 1. The van der Waals surface area contributed by atoms with Gasteiger partial charge in [0.1, 0.15) is 11.6 Å². The van der Waals surface area contributed by atoms with Gasteiger partial charge in [0.15, 0.2) is 0 Å². The second-order valence-corrected chi connectivity index (χ2v) is 5.70. The second-order valence-electron chi connectivity index (χ2n) is 5.70. The first-order chi connectivity index (χ1) is 11.6. The molecule has 0 saturated carbocycles. The van der Waals surface area contributed by atoms with Gasteiger partial charge in [0, 0.05) is 38.3 Å². The minimum Gasteiger partial charge on any atom is -0.439 e. The number of aromatic nitrogens is 2. The van der Waals surface area contributed by atoms with Gasteiger partial charge >= 0.3 is 0 Å². The molecule has 2 heterocycles. The highest BCUT2D eigenvalue weighted by Gasteiger charge is 2.21. The Kier molecular flexibility index (Phi) is 4.88. The van der Waals surface area contributed by atoms with E-state index in [0.717, 1.165) is 25.9 Å². The molecule has 3 rings (SSSR count). The third kappa shape index (κ3) is 4.18. The SMILES string of the molecule is CC(=O)N1CCC(Nc2nccc(Oc3ccc(F)cc3)n2)CC1. The molecule has 7 heteroatoms. The van der Waals surface area contributed by atoms with E-state index in [1.54, 1.807) is 31.3 Å². The first-order valence-corrected chi connectivity index (χ1v) is 7.88. The number of anilines is 1. The summed E-state index contributed by atoms with van der Waals surface area (Å²) < 4.78 is 18.5. The highest BCUT2D eigenvalue weighted by atomic mass is 19.1. The Hall–Kier alpha value is -2.70. The van der Waals surface area contributed by atoms with E-state index in [4.69, 9.17) is 4.74 Å². The molecule has 6 nitrogen and oxygen atoms in total. The van der Waals surface area contributed by atoms with Crippen molar-refractivity contribution in [3.8, 4) is 11.6 Å². The van der Waals surface area contributed by atoms with E-state index in [1.807, 2.05) is 4.90 Å². The van der Waals surface area contributed by atoms with Crippen molar-refractivity contribution in [1.29, 1.82) is 0 Å². The number of carbonyl (C=O) groups excluding carboxylic acids is 1. The predicted octanol–water partition coefficient (Wildman–Crippen LogP) is 2.83. The van der Waals surface area contributed by atoms with Crippen LogP contribution in [0, 0.1) is 5.82 Å². The Bertz CT molecular complexity index is 700. The first-order valence-electron chi connectivity index (χ1n) is 7.88. The van der Waals surface area contributed by atoms with Gasteiger partial charge in [-0.25, -0.2) is 9.37 Å². The molecule has 1 aliphatic rings. The van der Waals surface area contributed by atoms with Gasteiger partial charge in [-0.15, -0.1) is 0 Å². The Balaban J connectivity index is 1.59. The second kappa shape index (κ2) is 7.25. The number of rotatable bonds is 4. The number of halogens is 1. The number of carbonyl (C=O) groups is 1. The fraction of sp³-hybridized carbons (Fsp3) is 0.353. The van der Waals surface area contributed by atoms with Crippen molar-refractivity contribution in [2.45, 2.75) is 25.8 Å². The van der Waals surface area contributed by atoms with Crippen LogP contribution in [-0.4, -0.2) is 39.9 Å². The zero-order chi connectivity index (χ0) is 16.9. The predicted molar refractivity (Wildman–Crippen MR) is 87.4 cm³/mol. The molecule has 0 atom stereocenters. The Morgan fingerprint density at radius 2 is 1.96 bits per heavy atom. The van der Waals surface area contributed by atoms with Crippen molar-refractivity contribution in [2.75, 3.05) is 18.4 Å². The Morgan fingerprint density at radius 1 is 1.25 bits per heavy atom. The van der Waals surface area contributed by atoms with Crippen LogP contribution in [0.2, 0.25) is 0 Å². The van der Waals surface area contributed by atoms with E-state index in [0.29, 0.717) is 17.6 Å². The van der Waals surface area contributed by atoms with Gasteiger partial charge in [0.05, 0.1) is 0 Å². The van der Waals surface area contributed by atoms with Crippen molar-refractivity contribution < 1.29 is 13.9 Å². The van der Waals surface area contributed by atoms with Crippen LogP contribution in [0.15, 0.2) is 36.5 Å². The summed E-state index contributed by atoms with van der Waals surface area (Å²) in [6.07, 6.45) is 3.32. The molecule has 2 aromatic rings. The highest BCUT2D eigenvalue weighted by Crippen LogP contribution is 2.21. The topological polar surface area (TPSA) is 67.4 Å². The molecule has 1 saturated heterocycles. The van der Waals surface area contributed by atoms with Gasteiger partial charge < -0.3 is 15.0 Å². The summed E-state index contributed by atoms with van der Waals surface area (Å²) in [4.78, 5) is 21.7. The number of nitrogens with one attached hydrogen (secondary N) is 1. The van der Waals surface area contributed by atoms with E-state index in [1.165, 1.54) is 12.1 Å². The lowest BCUT2D eigenvalue weighted by molar-refractivity contribution is -0.129. The lowest BCUT2D eigenvalue weighted by atomic mass is 10.1. The molecule has 1 aromatic carbocycles. The van der Waals surface area contributed by atoms with Crippen LogP contribution in [0.25, 0.3) is 0 Å². The summed E-state index contributed by atoms with van der Waals surface area (Å²) in [5.41, 5.74) is 0. The molecule has 24 heavy (non-hydrogen) atoms. The van der Waals surface area contributed by atoms with Gasteiger partial charge in [-0.05, 0) is 37.1 Å². The van der Waals surface area contributed by atoms with Crippen molar-refractivity contribution in [1.82, 2.24) is 14.9 Å². The molecular formula is C17H19FN4O2. The number of hydrogen-bond donors (Lipinski definition) is 1. The maximum atomic E-state index is 12.9. The van der Waals surface area contributed by atoms with Gasteiger partial charge in [-0.3, -0.25) is 4.79 Å². The Labute approximate surface area is 139 Å².